The number of benzene rings is 1. The van der Waals surface area contributed by atoms with Crippen molar-refractivity contribution in [3.8, 4) is 0 Å². The molecule has 3 N–H and O–H groups in total. The van der Waals surface area contributed by atoms with Gasteiger partial charge in [0.15, 0.2) is 0 Å². The molecule has 19 heavy (non-hydrogen) atoms. The lowest BCUT2D eigenvalue weighted by molar-refractivity contribution is 0.766. The van der Waals surface area contributed by atoms with Gasteiger partial charge in [-0.05, 0) is 19.1 Å². The number of hydrogen-bond donors (Lipinski definition) is 2. The van der Waals surface area contributed by atoms with Gasteiger partial charge >= 0.3 is 0 Å². The maximum Gasteiger partial charge on any atom is 0.124 e. The van der Waals surface area contributed by atoms with Crippen LogP contribution in [0.1, 0.15) is 16.7 Å². The lowest BCUT2D eigenvalue weighted by Crippen LogP contribution is -2.22. The first-order chi connectivity index (χ1) is 8.97. The van der Waals surface area contributed by atoms with Gasteiger partial charge in [0.2, 0.25) is 0 Å². The molecule has 100 valence electrons. The average Bonchev–Trinajstić information content (AvgIpc) is 2.74. The number of nitrogens with two attached hydrogens (primary N) is 1. The summed E-state index contributed by atoms with van der Waals surface area (Å²) in [6, 6.07) is 5.97. The van der Waals surface area contributed by atoms with Crippen molar-refractivity contribution in [2.75, 3.05) is 11.9 Å². The van der Waals surface area contributed by atoms with E-state index in [2.05, 4.69) is 10.00 Å². The second kappa shape index (κ2) is 5.14. The van der Waals surface area contributed by atoms with Crippen molar-refractivity contribution in [2.45, 2.75) is 13.5 Å². The number of nitrogen functional groups attached to an aromatic ring is 1. The van der Waals surface area contributed by atoms with Crippen LogP contribution >= 0.6 is 0 Å². The number of aromatic nitrogens is 2. The highest BCUT2D eigenvalue weighted by atomic mass is 15.2. The highest BCUT2D eigenvalue weighted by Gasteiger charge is 2.11. The van der Waals surface area contributed by atoms with Crippen molar-refractivity contribution in [2.24, 2.45) is 12.8 Å². The fraction of sp³-hybridized carbons (Fsp3) is 0.286. The van der Waals surface area contributed by atoms with E-state index >= 15 is 0 Å². The van der Waals surface area contributed by atoms with Crippen LogP contribution in [0.15, 0.2) is 30.6 Å². The normalized spacial score (nSPS) is 10.5. The molecule has 0 bridgehead atoms. The Kier molecular flexibility index (Phi) is 3.55. The van der Waals surface area contributed by atoms with Crippen molar-refractivity contribution in [3.63, 3.8) is 0 Å². The summed E-state index contributed by atoms with van der Waals surface area (Å²) in [4.78, 5) is 2.08. The van der Waals surface area contributed by atoms with Gasteiger partial charge in [-0.3, -0.25) is 10.1 Å². The van der Waals surface area contributed by atoms with Crippen LogP contribution in [0.3, 0.4) is 0 Å². The van der Waals surface area contributed by atoms with E-state index in [-0.39, 0.29) is 5.84 Å². The summed E-state index contributed by atoms with van der Waals surface area (Å²) in [5.41, 5.74) is 9.61. The molecule has 0 unspecified atom stereocenters. The first-order valence-corrected chi connectivity index (χ1v) is 6.11. The van der Waals surface area contributed by atoms with Crippen molar-refractivity contribution >= 4 is 11.5 Å². The van der Waals surface area contributed by atoms with E-state index in [0.717, 1.165) is 28.9 Å². The van der Waals surface area contributed by atoms with Crippen LogP contribution in [0, 0.1) is 12.3 Å². The van der Waals surface area contributed by atoms with Crippen LogP contribution in [-0.4, -0.2) is 22.7 Å². The topological polar surface area (TPSA) is 70.9 Å². The van der Waals surface area contributed by atoms with Gasteiger partial charge in [-0.25, -0.2) is 0 Å². The summed E-state index contributed by atoms with van der Waals surface area (Å²) in [5, 5.41) is 11.8. The van der Waals surface area contributed by atoms with Crippen molar-refractivity contribution in [1.82, 2.24) is 9.78 Å². The summed E-state index contributed by atoms with van der Waals surface area (Å²) in [7, 11) is 3.89. The predicted octanol–water partition coefficient (Wildman–Crippen LogP) is 1.65. The lowest BCUT2D eigenvalue weighted by atomic mass is 10.1. The van der Waals surface area contributed by atoms with E-state index < -0.39 is 0 Å². The van der Waals surface area contributed by atoms with Crippen molar-refractivity contribution < 1.29 is 0 Å². The van der Waals surface area contributed by atoms with Gasteiger partial charge in [-0.1, -0.05) is 11.6 Å². The SMILES string of the molecule is Cc1ccc(N(C)Cc2cnn(C)c2)c(C(=N)N)c1. The first-order valence-electron chi connectivity index (χ1n) is 6.11. The zero-order chi connectivity index (χ0) is 14.0. The maximum absolute atomic E-state index is 7.68. The average molecular weight is 257 g/mol. The Labute approximate surface area is 113 Å². The van der Waals surface area contributed by atoms with Gasteiger partial charge in [0.1, 0.15) is 5.84 Å². The van der Waals surface area contributed by atoms with E-state index in [4.69, 9.17) is 11.1 Å². The smallest absolute Gasteiger partial charge is 0.124 e. The molecule has 0 amide bonds. The zero-order valence-electron chi connectivity index (χ0n) is 11.5. The third-order valence-corrected chi connectivity index (χ3v) is 3.03. The van der Waals surface area contributed by atoms with Gasteiger partial charge in [-0.15, -0.1) is 0 Å². The fourth-order valence-electron chi connectivity index (χ4n) is 2.11. The van der Waals surface area contributed by atoms with Crippen LogP contribution in [-0.2, 0) is 13.6 Å². The molecule has 0 fully saturated rings. The summed E-state index contributed by atoms with van der Waals surface area (Å²) < 4.78 is 1.78. The number of rotatable bonds is 4. The number of anilines is 1. The Hall–Kier alpha value is -2.30. The maximum atomic E-state index is 7.68. The van der Waals surface area contributed by atoms with Gasteiger partial charge < -0.3 is 10.6 Å². The predicted molar refractivity (Wildman–Crippen MR) is 77.5 cm³/mol. The minimum atomic E-state index is 0.0942. The largest absolute Gasteiger partial charge is 0.384 e. The molecular formula is C14H19N5. The summed E-state index contributed by atoms with van der Waals surface area (Å²) in [6.45, 7) is 2.73. The molecule has 0 saturated carbocycles. The molecule has 0 aliphatic rings. The molecule has 1 aromatic heterocycles. The van der Waals surface area contributed by atoms with Crippen LogP contribution in [0.25, 0.3) is 0 Å². The molecule has 0 spiro atoms. The Bertz CT molecular complexity index is 600. The minimum absolute atomic E-state index is 0.0942. The number of aryl methyl sites for hydroxylation is 2. The molecular weight excluding hydrogens is 238 g/mol. The Morgan fingerprint density at radius 2 is 2.21 bits per heavy atom. The molecule has 1 heterocycles. The molecule has 1 aromatic carbocycles. The molecule has 2 aromatic rings. The standard InChI is InChI=1S/C14H19N5/c1-10-4-5-13(12(6-10)14(15)16)18(2)8-11-7-17-19(3)9-11/h4-7,9H,8H2,1-3H3,(H3,15,16). The third kappa shape index (κ3) is 2.93. The van der Waals surface area contributed by atoms with Gasteiger partial charge in [0.05, 0.1) is 6.20 Å². The molecule has 5 nitrogen and oxygen atoms in total. The highest BCUT2D eigenvalue weighted by Crippen LogP contribution is 2.22. The van der Waals surface area contributed by atoms with Gasteiger partial charge in [0.25, 0.3) is 0 Å². The van der Waals surface area contributed by atoms with E-state index in [1.165, 1.54) is 0 Å². The molecule has 0 atom stereocenters. The monoisotopic (exact) mass is 257 g/mol. The number of nitrogens with one attached hydrogen (secondary N) is 1. The number of amidine groups is 1. The van der Waals surface area contributed by atoms with E-state index in [0.29, 0.717) is 0 Å². The quantitative estimate of drug-likeness (QED) is 0.646. The lowest BCUT2D eigenvalue weighted by Gasteiger charge is -2.22. The van der Waals surface area contributed by atoms with Crippen LogP contribution < -0.4 is 10.6 Å². The minimum Gasteiger partial charge on any atom is -0.384 e. The summed E-state index contributed by atoms with van der Waals surface area (Å²) >= 11 is 0. The van der Waals surface area contributed by atoms with Crippen LogP contribution in [0.5, 0.6) is 0 Å². The third-order valence-electron chi connectivity index (χ3n) is 3.03. The van der Waals surface area contributed by atoms with Gasteiger partial charge in [0, 0.05) is 43.7 Å². The second-order valence-corrected chi connectivity index (χ2v) is 4.81. The zero-order valence-corrected chi connectivity index (χ0v) is 11.5. The molecule has 0 aliphatic carbocycles. The van der Waals surface area contributed by atoms with E-state index in [9.17, 15) is 0 Å². The number of nitrogens with zero attached hydrogens (tertiary/aromatic N) is 3. The molecule has 0 saturated heterocycles. The highest BCUT2D eigenvalue weighted by molar-refractivity contribution is 6.00. The van der Waals surface area contributed by atoms with Gasteiger partial charge in [-0.2, -0.15) is 5.10 Å². The van der Waals surface area contributed by atoms with Crippen LogP contribution in [0.2, 0.25) is 0 Å². The van der Waals surface area contributed by atoms with Crippen molar-refractivity contribution in [1.29, 1.82) is 5.41 Å². The second-order valence-electron chi connectivity index (χ2n) is 4.81. The molecule has 2 rings (SSSR count). The van der Waals surface area contributed by atoms with Crippen LogP contribution in [0.4, 0.5) is 5.69 Å². The summed E-state index contributed by atoms with van der Waals surface area (Å²) in [6.07, 6.45) is 3.83. The summed E-state index contributed by atoms with van der Waals surface area (Å²) in [5.74, 6) is 0.0942. The first kappa shape index (κ1) is 13.1. The number of hydrogen-bond acceptors (Lipinski definition) is 3. The Balaban J connectivity index is 2.28. The molecule has 5 heteroatoms. The fourth-order valence-corrected chi connectivity index (χ4v) is 2.11. The van der Waals surface area contributed by atoms with Crippen molar-refractivity contribution in [3.05, 3.63) is 47.3 Å². The van der Waals surface area contributed by atoms with E-state index in [1.54, 1.807) is 4.68 Å². The molecule has 0 aliphatic heterocycles. The van der Waals surface area contributed by atoms with E-state index in [1.807, 2.05) is 51.6 Å². The Morgan fingerprint density at radius 3 is 2.79 bits per heavy atom. The molecule has 0 radical (unpaired) electrons. The Morgan fingerprint density at radius 1 is 1.47 bits per heavy atom.